The molecule has 0 amide bonds. The molecule has 1 saturated heterocycles. The fraction of sp³-hybridized carbons (Fsp3) is 0.700. The van der Waals surface area contributed by atoms with Crippen molar-refractivity contribution >= 4 is 0 Å². The molecule has 0 radical (unpaired) electrons. The van der Waals surface area contributed by atoms with Crippen LogP contribution in [0.1, 0.15) is 30.7 Å². The second kappa shape index (κ2) is 5.19. The SMILES string of the molecule is N#CCc1nnn(CC2CCCO2)c1C(F)F. The maximum Gasteiger partial charge on any atom is 0.281 e. The van der Waals surface area contributed by atoms with E-state index < -0.39 is 6.43 Å². The first-order chi connectivity index (χ1) is 8.22. The summed E-state index contributed by atoms with van der Waals surface area (Å²) in [5.74, 6) is 0. The molecule has 0 bridgehead atoms. The molecule has 1 atom stereocenters. The predicted molar refractivity (Wildman–Crippen MR) is 53.3 cm³/mol. The van der Waals surface area contributed by atoms with Crippen molar-refractivity contribution in [3.05, 3.63) is 11.4 Å². The molecule has 0 saturated carbocycles. The van der Waals surface area contributed by atoms with E-state index in [4.69, 9.17) is 10.00 Å². The molecule has 1 aromatic heterocycles. The molecule has 17 heavy (non-hydrogen) atoms. The van der Waals surface area contributed by atoms with Gasteiger partial charge < -0.3 is 4.74 Å². The van der Waals surface area contributed by atoms with Crippen LogP contribution in [0.2, 0.25) is 0 Å². The minimum Gasteiger partial charge on any atom is -0.376 e. The molecule has 2 heterocycles. The smallest absolute Gasteiger partial charge is 0.281 e. The molecular formula is C10H12F2N4O. The lowest BCUT2D eigenvalue weighted by Gasteiger charge is -2.11. The lowest BCUT2D eigenvalue weighted by atomic mass is 10.2. The van der Waals surface area contributed by atoms with Crippen molar-refractivity contribution in [1.29, 1.82) is 5.26 Å². The summed E-state index contributed by atoms with van der Waals surface area (Å²) in [5.41, 5.74) is -0.206. The van der Waals surface area contributed by atoms with Gasteiger partial charge in [0.05, 0.1) is 25.1 Å². The normalized spacial score (nSPS) is 19.8. The summed E-state index contributed by atoms with van der Waals surface area (Å²) in [4.78, 5) is 0. The van der Waals surface area contributed by atoms with Crippen LogP contribution in [0.3, 0.4) is 0 Å². The number of aromatic nitrogens is 3. The van der Waals surface area contributed by atoms with Crippen LogP contribution in [0.15, 0.2) is 0 Å². The van der Waals surface area contributed by atoms with Gasteiger partial charge in [0.15, 0.2) is 0 Å². The van der Waals surface area contributed by atoms with Crippen LogP contribution in [0.4, 0.5) is 8.78 Å². The average molecular weight is 242 g/mol. The zero-order valence-electron chi connectivity index (χ0n) is 9.14. The standard InChI is InChI=1S/C10H12F2N4O/c11-10(12)9-8(3-4-13)14-15-16(9)6-7-2-1-5-17-7/h7,10H,1-3,5-6H2. The van der Waals surface area contributed by atoms with Crippen molar-refractivity contribution in [3.8, 4) is 6.07 Å². The number of rotatable bonds is 4. The van der Waals surface area contributed by atoms with E-state index in [1.165, 1.54) is 0 Å². The van der Waals surface area contributed by atoms with E-state index in [1.807, 2.05) is 0 Å². The number of nitrogens with zero attached hydrogens (tertiary/aromatic N) is 4. The Bertz CT molecular complexity index is 420. The average Bonchev–Trinajstić information content (AvgIpc) is 2.89. The predicted octanol–water partition coefficient (Wildman–Crippen LogP) is 1.46. The van der Waals surface area contributed by atoms with Gasteiger partial charge in [0.2, 0.25) is 0 Å². The Hall–Kier alpha value is -1.55. The first kappa shape index (κ1) is 11.9. The first-order valence-corrected chi connectivity index (χ1v) is 5.41. The third-order valence-electron chi connectivity index (χ3n) is 2.70. The van der Waals surface area contributed by atoms with Gasteiger partial charge in [0.1, 0.15) is 11.4 Å². The van der Waals surface area contributed by atoms with Crippen LogP contribution in [0, 0.1) is 11.3 Å². The lowest BCUT2D eigenvalue weighted by Crippen LogP contribution is -2.18. The number of hydrogen-bond donors (Lipinski definition) is 0. The van der Waals surface area contributed by atoms with Crippen LogP contribution in [-0.4, -0.2) is 27.7 Å². The molecule has 0 N–H and O–H groups in total. The van der Waals surface area contributed by atoms with Crippen LogP contribution in [0.25, 0.3) is 0 Å². The minimum atomic E-state index is -2.67. The van der Waals surface area contributed by atoms with E-state index in [0.717, 1.165) is 17.5 Å². The van der Waals surface area contributed by atoms with E-state index in [2.05, 4.69) is 10.3 Å². The van der Waals surface area contributed by atoms with Gasteiger partial charge in [0.25, 0.3) is 6.43 Å². The largest absolute Gasteiger partial charge is 0.376 e. The Morgan fingerprint density at radius 3 is 3.00 bits per heavy atom. The molecule has 2 rings (SSSR count). The fourth-order valence-corrected chi connectivity index (χ4v) is 1.91. The van der Waals surface area contributed by atoms with Crippen molar-refractivity contribution < 1.29 is 13.5 Å². The Morgan fingerprint density at radius 1 is 1.59 bits per heavy atom. The van der Waals surface area contributed by atoms with E-state index in [9.17, 15) is 8.78 Å². The van der Waals surface area contributed by atoms with Gasteiger partial charge in [-0.15, -0.1) is 5.10 Å². The van der Waals surface area contributed by atoms with E-state index in [0.29, 0.717) is 6.61 Å². The van der Waals surface area contributed by atoms with Gasteiger partial charge in [-0.05, 0) is 12.8 Å². The zero-order chi connectivity index (χ0) is 12.3. The van der Waals surface area contributed by atoms with Crippen LogP contribution in [-0.2, 0) is 17.7 Å². The van der Waals surface area contributed by atoms with E-state index in [-0.39, 0.29) is 30.5 Å². The monoisotopic (exact) mass is 242 g/mol. The molecule has 1 aromatic rings. The maximum absolute atomic E-state index is 12.9. The lowest BCUT2D eigenvalue weighted by molar-refractivity contribution is 0.0850. The van der Waals surface area contributed by atoms with Gasteiger partial charge in [-0.1, -0.05) is 5.21 Å². The number of halogens is 2. The van der Waals surface area contributed by atoms with Gasteiger partial charge in [-0.3, -0.25) is 0 Å². The highest BCUT2D eigenvalue weighted by Gasteiger charge is 2.24. The molecule has 1 fully saturated rings. The van der Waals surface area contributed by atoms with Gasteiger partial charge >= 0.3 is 0 Å². The fourth-order valence-electron chi connectivity index (χ4n) is 1.91. The topological polar surface area (TPSA) is 63.7 Å². The summed E-state index contributed by atoms with van der Waals surface area (Å²) in [5, 5.41) is 15.8. The molecule has 92 valence electrons. The van der Waals surface area contributed by atoms with E-state index in [1.54, 1.807) is 6.07 Å². The second-order valence-corrected chi connectivity index (χ2v) is 3.87. The third kappa shape index (κ3) is 2.58. The summed E-state index contributed by atoms with van der Waals surface area (Å²) >= 11 is 0. The Morgan fingerprint density at radius 2 is 2.41 bits per heavy atom. The molecule has 0 aromatic carbocycles. The zero-order valence-corrected chi connectivity index (χ0v) is 9.14. The van der Waals surface area contributed by atoms with Crippen LogP contribution < -0.4 is 0 Å². The van der Waals surface area contributed by atoms with Crippen molar-refractivity contribution in [2.75, 3.05) is 6.61 Å². The highest BCUT2D eigenvalue weighted by atomic mass is 19.3. The summed E-state index contributed by atoms with van der Waals surface area (Å²) in [6, 6.07) is 1.81. The van der Waals surface area contributed by atoms with Crippen molar-refractivity contribution in [1.82, 2.24) is 15.0 Å². The highest BCUT2D eigenvalue weighted by Crippen LogP contribution is 2.23. The number of nitriles is 1. The quantitative estimate of drug-likeness (QED) is 0.801. The number of hydrogen-bond acceptors (Lipinski definition) is 4. The van der Waals surface area contributed by atoms with Gasteiger partial charge in [-0.2, -0.15) is 5.26 Å². The van der Waals surface area contributed by atoms with Crippen LogP contribution in [0.5, 0.6) is 0 Å². The second-order valence-electron chi connectivity index (χ2n) is 3.87. The Balaban J connectivity index is 2.18. The van der Waals surface area contributed by atoms with Crippen molar-refractivity contribution in [2.45, 2.75) is 38.3 Å². The third-order valence-corrected chi connectivity index (χ3v) is 2.70. The summed E-state index contributed by atoms with van der Waals surface area (Å²) in [6.07, 6.45) is -1.12. The number of ether oxygens (including phenoxy) is 1. The highest BCUT2D eigenvalue weighted by molar-refractivity contribution is 5.15. The van der Waals surface area contributed by atoms with Crippen LogP contribution >= 0.6 is 0 Å². The minimum absolute atomic E-state index is 0.0560. The molecule has 0 spiro atoms. The molecular weight excluding hydrogens is 230 g/mol. The molecule has 1 aliphatic rings. The summed E-state index contributed by atoms with van der Waals surface area (Å²) in [7, 11) is 0. The Kier molecular flexibility index (Phi) is 3.64. The maximum atomic E-state index is 12.9. The molecule has 0 aliphatic carbocycles. The van der Waals surface area contributed by atoms with Crippen molar-refractivity contribution in [3.63, 3.8) is 0 Å². The Labute approximate surface area is 97.0 Å². The van der Waals surface area contributed by atoms with Gasteiger partial charge in [-0.25, -0.2) is 13.5 Å². The molecule has 5 nitrogen and oxygen atoms in total. The molecule has 1 unspecified atom stereocenters. The first-order valence-electron chi connectivity index (χ1n) is 5.41. The molecule has 7 heteroatoms. The van der Waals surface area contributed by atoms with E-state index >= 15 is 0 Å². The number of alkyl halides is 2. The van der Waals surface area contributed by atoms with Crippen molar-refractivity contribution in [2.24, 2.45) is 0 Å². The summed E-state index contributed by atoms with van der Waals surface area (Å²) < 4.78 is 32.3. The molecule has 1 aliphatic heterocycles. The van der Waals surface area contributed by atoms with Gasteiger partial charge in [0, 0.05) is 6.61 Å². The summed E-state index contributed by atoms with van der Waals surface area (Å²) in [6.45, 7) is 0.937.